The van der Waals surface area contributed by atoms with Crippen molar-refractivity contribution in [2.75, 3.05) is 5.32 Å². The molecule has 8 heteroatoms. The van der Waals surface area contributed by atoms with Crippen LogP contribution in [0.15, 0.2) is 41.0 Å². The number of anilines is 1. The van der Waals surface area contributed by atoms with E-state index in [0.717, 1.165) is 34.1 Å². The van der Waals surface area contributed by atoms with Crippen LogP contribution in [-0.4, -0.2) is 16.2 Å². The molecule has 0 aliphatic rings. The van der Waals surface area contributed by atoms with Crippen LogP contribution < -0.4 is 5.32 Å². The third-order valence-electron chi connectivity index (χ3n) is 4.74. The van der Waals surface area contributed by atoms with Gasteiger partial charge in [-0.05, 0) is 52.5 Å². The van der Waals surface area contributed by atoms with Crippen LogP contribution in [0.3, 0.4) is 0 Å². The summed E-state index contributed by atoms with van der Waals surface area (Å²) in [5, 5.41) is 12.5. The van der Waals surface area contributed by atoms with E-state index in [0.29, 0.717) is 20.6 Å². The van der Waals surface area contributed by atoms with Crippen LogP contribution in [-0.2, 0) is 12.8 Å². The molecule has 1 N–H and O–H groups in total. The molecule has 0 atom stereocenters. The van der Waals surface area contributed by atoms with Gasteiger partial charge in [0, 0.05) is 20.7 Å². The first kappa shape index (κ1) is 19.9. The molecular formula is C21H17Cl2N3O2S. The predicted molar refractivity (Wildman–Crippen MR) is 118 cm³/mol. The normalized spacial score (nSPS) is 11.2. The minimum absolute atomic E-state index is 0.268. The molecule has 2 aromatic heterocycles. The first-order valence-corrected chi connectivity index (χ1v) is 10.7. The lowest BCUT2D eigenvalue weighted by molar-refractivity contribution is 0.102. The van der Waals surface area contributed by atoms with Gasteiger partial charge >= 0.3 is 0 Å². The number of aromatic nitrogens is 2. The Kier molecular flexibility index (Phi) is 5.58. The van der Waals surface area contributed by atoms with E-state index in [1.165, 1.54) is 16.9 Å². The zero-order chi connectivity index (χ0) is 20.5. The molecule has 29 heavy (non-hydrogen) atoms. The van der Waals surface area contributed by atoms with Crippen LogP contribution in [0.4, 0.5) is 5.82 Å². The van der Waals surface area contributed by atoms with Gasteiger partial charge in [-0.3, -0.25) is 4.79 Å². The number of thiophene rings is 1. The Morgan fingerprint density at radius 1 is 1.10 bits per heavy atom. The van der Waals surface area contributed by atoms with E-state index in [9.17, 15) is 4.79 Å². The van der Waals surface area contributed by atoms with Crippen LogP contribution in [0.2, 0.25) is 10.0 Å². The van der Waals surface area contributed by atoms with E-state index < -0.39 is 0 Å². The summed E-state index contributed by atoms with van der Waals surface area (Å²) in [5.74, 6) is -0.0986. The van der Waals surface area contributed by atoms with E-state index in [1.54, 1.807) is 18.2 Å². The fourth-order valence-corrected chi connectivity index (χ4v) is 4.86. The van der Waals surface area contributed by atoms with Gasteiger partial charge in [-0.15, -0.1) is 11.3 Å². The van der Waals surface area contributed by atoms with Gasteiger partial charge in [0.1, 0.15) is 4.88 Å². The number of nitrogens with one attached hydrogen (secondary N) is 1. The summed E-state index contributed by atoms with van der Waals surface area (Å²) >= 11 is 13.8. The van der Waals surface area contributed by atoms with E-state index >= 15 is 0 Å². The quantitative estimate of drug-likeness (QED) is 0.373. The van der Waals surface area contributed by atoms with Gasteiger partial charge in [0.15, 0.2) is 5.69 Å². The Morgan fingerprint density at radius 2 is 1.93 bits per heavy atom. The molecule has 0 unspecified atom stereocenters. The number of amides is 1. The largest absolute Gasteiger partial charge is 0.301 e. The monoisotopic (exact) mass is 445 g/mol. The van der Waals surface area contributed by atoms with Crippen LogP contribution in [0.5, 0.6) is 0 Å². The number of carbonyl (C=O) groups is 1. The maximum absolute atomic E-state index is 12.9. The molecule has 0 aliphatic heterocycles. The summed E-state index contributed by atoms with van der Waals surface area (Å²) in [6, 6.07) is 11.6. The minimum atomic E-state index is -0.367. The molecular weight excluding hydrogens is 429 g/mol. The fourth-order valence-electron chi connectivity index (χ4n) is 3.17. The van der Waals surface area contributed by atoms with E-state index in [4.69, 9.17) is 27.8 Å². The lowest BCUT2D eigenvalue weighted by atomic mass is 9.98. The topological polar surface area (TPSA) is 68.0 Å². The average molecular weight is 446 g/mol. The first-order valence-electron chi connectivity index (χ1n) is 9.15. The van der Waals surface area contributed by atoms with Gasteiger partial charge in [-0.2, -0.15) is 0 Å². The lowest BCUT2D eigenvalue weighted by Gasteiger charge is -2.09. The summed E-state index contributed by atoms with van der Waals surface area (Å²) < 4.78 is 5.80. The smallest absolute Gasteiger partial charge is 0.268 e. The van der Waals surface area contributed by atoms with E-state index in [1.807, 2.05) is 0 Å². The number of benzene rings is 2. The molecule has 0 bridgehead atoms. The molecule has 0 spiro atoms. The highest BCUT2D eigenvalue weighted by molar-refractivity contribution is 7.21. The highest BCUT2D eigenvalue weighted by Gasteiger charge is 2.22. The van der Waals surface area contributed by atoms with Gasteiger partial charge < -0.3 is 5.32 Å². The molecule has 0 saturated carbocycles. The van der Waals surface area contributed by atoms with Gasteiger partial charge in [-0.1, -0.05) is 55.2 Å². The molecule has 2 aromatic carbocycles. The number of hydrogen-bond acceptors (Lipinski definition) is 5. The summed E-state index contributed by atoms with van der Waals surface area (Å²) in [4.78, 5) is 13.3. The zero-order valence-corrected chi connectivity index (χ0v) is 18.1. The van der Waals surface area contributed by atoms with Gasteiger partial charge in [-0.25, -0.2) is 4.63 Å². The highest BCUT2D eigenvalue weighted by Crippen LogP contribution is 2.37. The van der Waals surface area contributed by atoms with Crippen molar-refractivity contribution >= 4 is 56.3 Å². The Labute approximate surface area is 181 Å². The molecule has 4 aromatic rings. The Balaban J connectivity index is 1.70. The molecule has 0 radical (unpaired) electrons. The average Bonchev–Trinajstić information content (AvgIpc) is 3.31. The molecule has 0 saturated heterocycles. The lowest BCUT2D eigenvalue weighted by Crippen LogP contribution is -2.12. The van der Waals surface area contributed by atoms with Crippen LogP contribution >= 0.6 is 34.5 Å². The van der Waals surface area contributed by atoms with Crippen LogP contribution in [0, 0.1) is 0 Å². The van der Waals surface area contributed by atoms with Gasteiger partial charge in [0.25, 0.3) is 5.91 Å². The number of halogens is 2. The highest BCUT2D eigenvalue weighted by atomic mass is 35.5. The fraction of sp³-hybridized carbons (Fsp3) is 0.190. The Hall–Kier alpha value is -2.41. The van der Waals surface area contributed by atoms with Crippen molar-refractivity contribution in [1.82, 2.24) is 10.3 Å². The molecule has 0 aliphatic carbocycles. The van der Waals surface area contributed by atoms with Crippen molar-refractivity contribution in [1.29, 1.82) is 0 Å². The summed E-state index contributed by atoms with van der Waals surface area (Å²) in [5.41, 5.74) is 3.67. The second-order valence-corrected chi connectivity index (χ2v) is 8.37. The molecule has 148 valence electrons. The van der Waals surface area contributed by atoms with E-state index in [-0.39, 0.29) is 11.7 Å². The van der Waals surface area contributed by atoms with Crippen molar-refractivity contribution in [3.8, 4) is 11.3 Å². The Bertz CT molecular complexity index is 1220. The number of fused-ring (bicyclic) bond motifs is 1. The third-order valence-corrected chi connectivity index (χ3v) is 6.63. The standard InChI is InChI=1S/C21H17Cl2N3O2S/c1-3-11-5-6-12(4-2)15(9-11)18-20(26-28-25-18)24-21(27)19-17(23)14-8-7-13(22)10-16(14)29-19/h5-10H,3-4H2,1-2H3,(H,24,26,27). The molecule has 1 amide bonds. The van der Waals surface area contributed by atoms with Crippen LogP contribution in [0.25, 0.3) is 21.3 Å². The molecule has 4 rings (SSSR count). The predicted octanol–water partition coefficient (Wildman–Crippen LogP) is 6.64. The third kappa shape index (κ3) is 3.75. The molecule has 5 nitrogen and oxygen atoms in total. The summed E-state index contributed by atoms with van der Waals surface area (Å²) in [6.45, 7) is 4.16. The maximum atomic E-state index is 12.9. The van der Waals surface area contributed by atoms with Crippen molar-refractivity contribution in [3.05, 3.63) is 62.4 Å². The number of carbonyl (C=O) groups excluding carboxylic acids is 1. The minimum Gasteiger partial charge on any atom is -0.301 e. The van der Waals surface area contributed by atoms with Crippen molar-refractivity contribution in [2.24, 2.45) is 0 Å². The number of hydrogen-bond donors (Lipinski definition) is 1. The van der Waals surface area contributed by atoms with Crippen molar-refractivity contribution < 1.29 is 9.42 Å². The molecule has 0 fully saturated rings. The van der Waals surface area contributed by atoms with Crippen molar-refractivity contribution in [2.45, 2.75) is 26.7 Å². The number of aryl methyl sites for hydroxylation is 2. The SMILES string of the molecule is CCc1ccc(CC)c(-c2nonc2NC(=O)c2sc3cc(Cl)ccc3c2Cl)c1. The van der Waals surface area contributed by atoms with Gasteiger partial charge in [0.05, 0.1) is 5.02 Å². The second kappa shape index (κ2) is 8.14. The summed E-state index contributed by atoms with van der Waals surface area (Å²) in [7, 11) is 0. The second-order valence-electron chi connectivity index (χ2n) is 6.50. The summed E-state index contributed by atoms with van der Waals surface area (Å²) in [6.07, 6.45) is 1.71. The zero-order valence-electron chi connectivity index (χ0n) is 15.8. The first-order chi connectivity index (χ1) is 14.0. The Morgan fingerprint density at radius 3 is 2.69 bits per heavy atom. The van der Waals surface area contributed by atoms with E-state index in [2.05, 4.69) is 47.7 Å². The molecule has 2 heterocycles. The number of nitrogens with zero attached hydrogens (tertiary/aromatic N) is 2. The van der Waals surface area contributed by atoms with Gasteiger partial charge in [0.2, 0.25) is 5.82 Å². The maximum Gasteiger partial charge on any atom is 0.268 e. The number of rotatable bonds is 5. The van der Waals surface area contributed by atoms with Crippen LogP contribution in [0.1, 0.15) is 34.6 Å². The van der Waals surface area contributed by atoms with Crippen molar-refractivity contribution in [3.63, 3.8) is 0 Å².